The summed E-state index contributed by atoms with van der Waals surface area (Å²) >= 11 is 1.59. The molecular weight excluding hydrogens is 428 g/mol. The highest BCUT2D eigenvalue weighted by molar-refractivity contribution is 14.1. The molecule has 0 saturated heterocycles. The minimum atomic E-state index is -1.13. The third-order valence-electron chi connectivity index (χ3n) is 2.98. The summed E-state index contributed by atoms with van der Waals surface area (Å²) in [7, 11) is 2.23. The third-order valence-corrected chi connectivity index (χ3v) is 3.80. The molecule has 2 rings (SSSR count). The van der Waals surface area contributed by atoms with Crippen LogP contribution < -0.4 is 10.5 Å². The van der Waals surface area contributed by atoms with Gasteiger partial charge >= 0.3 is 5.97 Å². The van der Waals surface area contributed by atoms with E-state index in [2.05, 4.69) is 9.72 Å². The Kier molecular flexibility index (Phi) is 4.97. The molecule has 0 fully saturated rings. The number of nitrogens with zero attached hydrogens (tertiary/aromatic N) is 1. The van der Waals surface area contributed by atoms with Crippen molar-refractivity contribution in [3.8, 4) is 17.0 Å². The Labute approximate surface area is 142 Å². The monoisotopic (exact) mass is 438 g/mol. The van der Waals surface area contributed by atoms with E-state index in [0.29, 0.717) is 0 Å². The minimum Gasteiger partial charge on any atom is -0.492 e. The van der Waals surface area contributed by atoms with E-state index in [1.165, 1.54) is 0 Å². The number of aromatic nitrogens is 1. The van der Waals surface area contributed by atoms with Crippen molar-refractivity contribution in [2.24, 2.45) is 0 Å². The molecule has 0 aliphatic carbocycles. The molecule has 1 aromatic carbocycles. The normalized spacial score (nSPS) is 10.5. The summed E-state index contributed by atoms with van der Waals surface area (Å²) < 4.78 is 51.5. The quantitative estimate of drug-likeness (QED) is 0.453. The fourth-order valence-electron chi connectivity index (χ4n) is 1.89. The van der Waals surface area contributed by atoms with Crippen molar-refractivity contribution in [2.75, 3.05) is 20.0 Å². The molecule has 0 aliphatic heterocycles. The molecule has 0 spiro atoms. The number of rotatable bonds is 3. The predicted octanol–water partition coefficient (Wildman–Crippen LogP) is 3.15. The lowest BCUT2D eigenvalue weighted by molar-refractivity contribution is 0.0590. The van der Waals surface area contributed by atoms with E-state index in [-0.39, 0.29) is 9.32 Å². The van der Waals surface area contributed by atoms with Crippen LogP contribution in [0.4, 0.5) is 18.9 Å². The van der Waals surface area contributed by atoms with E-state index in [4.69, 9.17) is 10.5 Å². The van der Waals surface area contributed by atoms with Crippen LogP contribution in [0.1, 0.15) is 10.5 Å². The summed E-state index contributed by atoms with van der Waals surface area (Å²) in [6, 6.07) is 1.65. The highest BCUT2D eigenvalue weighted by Gasteiger charge is 2.26. The second-order valence-electron chi connectivity index (χ2n) is 4.31. The van der Waals surface area contributed by atoms with Gasteiger partial charge in [-0.25, -0.2) is 22.9 Å². The molecular formula is C14H10F3IN2O3. The molecule has 2 aromatic rings. The van der Waals surface area contributed by atoms with Crippen LogP contribution >= 0.6 is 22.6 Å². The van der Waals surface area contributed by atoms with Crippen molar-refractivity contribution in [1.29, 1.82) is 0 Å². The molecule has 1 heterocycles. The number of halogens is 4. The predicted molar refractivity (Wildman–Crippen MR) is 84.6 cm³/mol. The molecule has 0 aliphatic rings. The molecule has 0 saturated carbocycles. The zero-order valence-corrected chi connectivity index (χ0v) is 14.1. The molecule has 0 amide bonds. The fourth-order valence-corrected chi connectivity index (χ4v) is 2.32. The number of carbonyl (C=O) groups is 1. The number of esters is 1. The van der Waals surface area contributed by atoms with E-state index in [0.717, 1.165) is 26.4 Å². The number of anilines is 1. The number of carbonyl (C=O) groups excluding carboxylic acids is 1. The van der Waals surface area contributed by atoms with Crippen LogP contribution in [-0.4, -0.2) is 25.2 Å². The Balaban J connectivity index is 2.81. The van der Waals surface area contributed by atoms with E-state index >= 15 is 0 Å². The molecule has 5 nitrogen and oxygen atoms in total. The van der Waals surface area contributed by atoms with Crippen LogP contribution in [0, 0.1) is 21.0 Å². The van der Waals surface area contributed by atoms with Gasteiger partial charge in [0.15, 0.2) is 17.3 Å². The zero-order valence-electron chi connectivity index (χ0n) is 11.9. The Morgan fingerprint density at radius 1 is 1.22 bits per heavy atom. The van der Waals surface area contributed by atoms with Crippen LogP contribution in [0.25, 0.3) is 11.3 Å². The van der Waals surface area contributed by atoms with Crippen LogP contribution in [-0.2, 0) is 4.74 Å². The zero-order chi connectivity index (χ0) is 17.3. The fraction of sp³-hybridized carbons (Fsp3) is 0.143. The summed E-state index contributed by atoms with van der Waals surface area (Å²) in [4.78, 5) is 15.4. The van der Waals surface area contributed by atoms with E-state index in [9.17, 15) is 18.0 Å². The Morgan fingerprint density at radius 3 is 2.43 bits per heavy atom. The van der Waals surface area contributed by atoms with Gasteiger partial charge < -0.3 is 15.2 Å². The van der Waals surface area contributed by atoms with Crippen molar-refractivity contribution in [1.82, 2.24) is 4.98 Å². The molecule has 2 N–H and O–H groups in total. The lowest BCUT2D eigenvalue weighted by Crippen LogP contribution is -2.12. The average Bonchev–Trinajstić information content (AvgIpc) is 2.52. The van der Waals surface area contributed by atoms with Gasteiger partial charge in [-0.05, 0) is 34.7 Å². The van der Waals surface area contributed by atoms with Crippen molar-refractivity contribution < 1.29 is 27.4 Å². The van der Waals surface area contributed by atoms with E-state index in [1.54, 1.807) is 22.6 Å². The number of benzene rings is 1. The number of hydrogen-bond acceptors (Lipinski definition) is 5. The third kappa shape index (κ3) is 3.05. The molecule has 0 bridgehead atoms. The molecule has 0 radical (unpaired) electrons. The largest absolute Gasteiger partial charge is 0.492 e. The smallest absolute Gasteiger partial charge is 0.360 e. The summed E-state index contributed by atoms with van der Waals surface area (Å²) in [5, 5.41) is 0. The molecule has 9 heteroatoms. The highest BCUT2D eigenvalue weighted by Crippen LogP contribution is 2.35. The number of ether oxygens (including phenoxy) is 2. The van der Waals surface area contributed by atoms with Crippen molar-refractivity contribution in [2.45, 2.75) is 0 Å². The Morgan fingerprint density at radius 2 is 1.87 bits per heavy atom. The lowest BCUT2D eigenvalue weighted by atomic mass is 10.1. The van der Waals surface area contributed by atoms with Crippen LogP contribution in [0.5, 0.6) is 5.75 Å². The molecule has 0 unspecified atom stereocenters. The molecule has 122 valence electrons. The number of nitrogen functional groups attached to an aromatic ring is 1. The molecule has 23 heavy (non-hydrogen) atoms. The number of hydrogen-bond donors (Lipinski definition) is 1. The van der Waals surface area contributed by atoms with Crippen molar-refractivity contribution in [3.63, 3.8) is 0 Å². The molecule has 0 atom stereocenters. The second-order valence-corrected chi connectivity index (χ2v) is 5.47. The second kappa shape index (κ2) is 6.60. The Hall–Kier alpha value is -2.04. The summed E-state index contributed by atoms with van der Waals surface area (Å²) in [6.45, 7) is 0. The first-order valence-electron chi connectivity index (χ1n) is 6.08. The Bertz CT molecular complexity index is 800. The number of nitrogens with two attached hydrogens (primary N) is 1. The summed E-state index contributed by atoms with van der Waals surface area (Å²) in [5.41, 5.74) is 3.49. The van der Waals surface area contributed by atoms with Crippen molar-refractivity contribution >= 4 is 34.2 Å². The first-order valence-corrected chi connectivity index (χ1v) is 7.15. The highest BCUT2D eigenvalue weighted by atomic mass is 127. The summed E-state index contributed by atoms with van der Waals surface area (Å²) in [6.07, 6.45) is 0. The van der Waals surface area contributed by atoms with Crippen LogP contribution in [0.3, 0.4) is 0 Å². The van der Waals surface area contributed by atoms with Gasteiger partial charge in [-0.3, -0.25) is 0 Å². The maximum atomic E-state index is 14.4. The van der Waals surface area contributed by atoms with Gasteiger partial charge in [0.2, 0.25) is 0 Å². The first kappa shape index (κ1) is 17.3. The van der Waals surface area contributed by atoms with Crippen LogP contribution in [0.2, 0.25) is 0 Å². The van der Waals surface area contributed by atoms with Crippen molar-refractivity contribution in [3.05, 3.63) is 38.8 Å². The number of pyridine rings is 1. The lowest BCUT2D eigenvalue weighted by Gasteiger charge is -2.13. The van der Waals surface area contributed by atoms with E-state index in [1.807, 2.05) is 0 Å². The van der Waals surface area contributed by atoms with Gasteiger partial charge in [-0.1, -0.05) is 0 Å². The average molecular weight is 438 g/mol. The maximum absolute atomic E-state index is 14.4. The first-order chi connectivity index (χ1) is 10.8. The van der Waals surface area contributed by atoms with Gasteiger partial charge in [0, 0.05) is 5.56 Å². The maximum Gasteiger partial charge on any atom is 0.360 e. The minimum absolute atomic E-state index is 0.0129. The summed E-state index contributed by atoms with van der Waals surface area (Å²) in [5.74, 6) is -4.11. The SMILES string of the molecule is COC(=O)c1nc(-c2cc(F)c(I)cc2F)c(F)c(N)c1OC. The van der Waals surface area contributed by atoms with Gasteiger partial charge in [-0.15, -0.1) is 0 Å². The van der Waals surface area contributed by atoms with Crippen LogP contribution in [0.15, 0.2) is 12.1 Å². The number of methoxy groups -OCH3 is 2. The van der Waals surface area contributed by atoms with E-state index < -0.39 is 46.1 Å². The standard InChI is InChI=1S/C14H10F3IN2O3/c1-22-13-10(19)9(17)11(20-12(13)14(21)23-2)5-3-7(16)8(18)4-6(5)15/h3-4H,1-2H3,(H2,19,20). The topological polar surface area (TPSA) is 74.4 Å². The van der Waals surface area contributed by atoms with Gasteiger partial charge in [0.25, 0.3) is 0 Å². The van der Waals surface area contributed by atoms with Gasteiger partial charge in [0.1, 0.15) is 23.0 Å². The van der Waals surface area contributed by atoms with Gasteiger partial charge in [0.05, 0.1) is 17.8 Å². The van der Waals surface area contributed by atoms with Gasteiger partial charge in [-0.2, -0.15) is 0 Å². The molecule has 1 aromatic heterocycles.